The fourth-order valence-corrected chi connectivity index (χ4v) is 1.87. The molecule has 1 unspecified atom stereocenters. The van der Waals surface area contributed by atoms with Crippen molar-refractivity contribution < 1.29 is 13.6 Å². The summed E-state index contributed by atoms with van der Waals surface area (Å²) in [5.41, 5.74) is 6.34. The van der Waals surface area contributed by atoms with Crippen molar-refractivity contribution >= 4 is 5.91 Å². The maximum Gasteiger partial charge on any atom is 0.239 e. The van der Waals surface area contributed by atoms with Crippen LogP contribution in [0.2, 0.25) is 0 Å². The van der Waals surface area contributed by atoms with Crippen molar-refractivity contribution in [3.8, 4) is 0 Å². The molecule has 1 aromatic carbocycles. The highest BCUT2D eigenvalue weighted by Crippen LogP contribution is 2.12. The molecular formula is C14H20F2N2O. The molecule has 0 radical (unpaired) electrons. The number of halogens is 2. The minimum atomic E-state index is -0.904. The second kappa shape index (κ2) is 7.19. The normalized spacial score (nSPS) is 12.3. The Kier molecular flexibility index (Phi) is 5.89. The lowest BCUT2D eigenvalue weighted by molar-refractivity contribution is -0.133. The van der Waals surface area contributed by atoms with E-state index in [0.29, 0.717) is 18.5 Å². The standard InChI is InChI=1S/C14H20F2N2O/c1-3-5-13(17)14(19)18(4-2)9-10-6-7-11(15)12(16)8-10/h6-8,13H,3-5,9,17H2,1-2H3. The Hall–Kier alpha value is -1.49. The molecule has 2 N–H and O–H groups in total. The van der Waals surface area contributed by atoms with Gasteiger partial charge in [-0.1, -0.05) is 19.4 Å². The van der Waals surface area contributed by atoms with Crippen LogP contribution >= 0.6 is 0 Å². The Bertz CT molecular complexity index is 437. The molecule has 0 fully saturated rings. The topological polar surface area (TPSA) is 46.3 Å². The Morgan fingerprint density at radius 3 is 2.53 bits per heavy atom. The van der Waals surface area contributed by atoms with Gasteiger partial charge in [-0.05, 0) is 31.0 Å². The molecule has 0 saturated heterocycles. The molecule has 0 aliphatic carbocycles. The molecule has 3 nitrogen and oxygen atoms in total. The van der Waals surface area contributed by atoms with Crippen molar-refractivity contribution in [1.29, 1.82) is 0 Å². The van der Waals surface area contributed by atoms with Crippen LogP contribution in [0, 0.1) is 11.6 Å². The first-order valence-corrected chi connectivity index (χ1v) is 6.47. The van der Waals surface area contributed by atoms with E-state index < -0.39 is 17.7 Å². The lowest BCUT2D eigenvalue weighted by Gasteiger charge is -2.24. The highest BCUT2D eigenvalue weighted by atomic mass is 19.2. The zero-order valence-electron chi connectivity index (χ0n) is 11.3. The molecule has 106 valence electrons. The number of amides is 1. The van der Waals surface area contributed by atoms with Gasteiger partial charge in [-0.3, -0.25) is 4.79 Å². The summed E-state index contributed by atoms with van der Waals surface area (Å²) in [7, 11) is 0. The third-order valence-electron chi connectivity index (χ3n) is 2.97. The largest absolute Gasteiger partial charge is 0.337 e. The number of rotatable bonds is 6. The molecule has 0 aliphatic rings. The van der Waals surface area contributed by atoms with E-state index in [1.54, 1.807) is 4.90 Å². The van der Waals surface area contributed by atoms with Gasteiger partial charge in [-0.25, -0.2) is 8.78 Å². The van der Waals surface area contributed by atoms with Crippen molar-refractivity contribution in [2.24, 2.45) is 5.73 Å². The summed E-state index contributed by atoms with van der Waals surface area (Å²) < 4.78 is 25.9. The summed E-state index contributed by atoms with van der Waals surface area (Å²) in [6.45, 7) is 4.51. The first kappa shape index (κ1) is 15.6. The maximum absolute atomic E-state index is 13.1. The molecule has 1 rings (SSSR count). The minimum Gasteiger partial charge on any atom is -0.337 e. The van der Waals surface area contributed by atoms with Gasteiger partial charge in [-0.15, -0.1) is 0 Å². The van der Waals surface area contributed by atoms with Gasteiger partial charge in [0.2, 0.25) is 5.91 Å². The smallest absolute Gasteiger partial charge is 0.239 e. The fourth-order valence-electron chi connectivity index (χ4n) is 1.87. The first-order chi connectivity index (χ1) is 8.99. The molecule has 0 saturated carbocycles. The summed E-state index contributed by atoms with van der Waals surface area (Å²) in [5, 5.41) is 0. The molecular weight excluding hydrogens is 250 g/mol. The molecule has 1 amide bonds. The third kappa shape index (κ3) is 4.28. The highest BCUT2D eigenvalue weighted by Gasteiger charge is 2.19. The monoisotopic (exact) mass is 270 g/mol. The molecule has 0 aromatic heterocycles. The van der Waals surface area contributed by atoms with Crippen LogP contribution in [0.3, 0.4) is 0 Å². The van der Waals surface area contributed by atoms with Gasteiger partial charge in [0.25, 0.3) is 0 Å². The zero-order valence-corrected chi connectivity index (χ0v) is 11.3. The molecule has 1 aromatic rings. The van der Waals surface area contributed by atoms with Crippen LogP contribution in [0.15, 0.2) is 18.2 Å². The number of benzene rings is 1. The summed E-state index contributed by atoms with van der Waals surface area (Å²) in [5.74, 6) is -1.95. The van der Waals surface area contributed by atoms with Gasteiger partial charge < -0.3 is 10.6 Å². The molecule has 5 heteroatoms. The maximum atomic E-state index is 13.1. The van der Waals surface area contributed by atoms with Gasteiger partial charge in [-0.2, -0.15) is 0 Å². The van der Waals surface area contributed by atoms with Crippen LogP contribution in [0.5, 0.6) is 0 Å². The predicted molar refractivity (Wildman–Crippen MR) is 70.3 cm³/mol. The number of nitrogens with zero attached hydrogens (tertiary/aromatic N) is 1. The molecule has 1 atom stereocenters. The summed E-state index contributed by atoms with van der Waals surface area (Å²) >= 11 is 0. The second-order valence-corrected chi connectivity index (χ2v) is 4.50. The number of hydrogen-bond donors (Lipinski definition) is 1. The first-order valence-electron chi connectivity index (χ1n) is 6.47. The Morgan fingerprint density at radius 1 is 1.32 bits per heavy atom. The SMILES string of the molecule is CCCC(N)C(=O)N(CC)Cc1ccc(F)c(F)c1. The van der Waals surface area contributed by atoms with E-state index in [-0.39, 0.29) is 12.5 Å². The van der Waals surface area contributed by atoms with E-state index in [1.807, 2.05) is 13.8 Å². The fraction of sp³-hybridized carbons (Fsp3) is 0.500. The lowest BCUT2D eigenvalue weighted by atomic mass is 10.1. The molecule has 0 aliphatic heterocycles. The van der Waals surface area contributed by atoms with Gasteiger partial charge in [0.05, 0.1) is 6.04 Å². The summed E-state index contributed by atoms with van der Waals surface area (Å²) in [4.78, 5) is 13.6. The number of hydrogen-bond acceptors (Lipinski definition) is 2. The van der Waals surface area contributed by atoms with Crippen LogP contribution in [-0.4, -0.2) is 23.4 Å². The lowest BCUT2D eigenvalue weighted by Crippen LogP contribution is -2.43. The number of nitrogens with two attached hydrogens (primary N) is 1. The van der Waals surface area contributed by atoms with Gasteiger partial charge in [0.15, 0.2) is 11.6 Å². The van der Waals surface area contributed by atoms with E-state index in [1.165, 1.54) is 6.07 Å². The van der Waals surface area contributed by atoms with E-state index >= 15 is 0 Å². The molecule has 0 spiro atoms. The Labute approximate surface area is 112 Å². The van der Waals surface area contributed by atoms with Crippen molar-refractivity contribution in [3.05, 3.63) is 35.4 Å². The summed E-state index contributed by atoms with van der Waals surface area (Å²) in [6, 6.07) is 3.11. The molecule has 19 heavy (non-hydrogen) atoms. The van der Waals surface area contributed by atoms with Crippen LogP contribution < -0.4 is 5.73 Å². The van der Waals surface area contributed by atoms with Gasteiger partial charge in [0, 0.05) is 13.1 Å². The third-order valence-corrected chi connectivity index (χ3v) is 2.97. The molecule has 0 heterocycles. The van der Waals surface area contributed by atoms with Crippen LogP contribution in [-0.2, 0) is 11.3 Å². The van der Waals surface area contributed by atoms with Crippen molar-refractivity contribution in [2.75, 3.05) is 6.54 Å². The molecule has 0 bridgehead atoms. The number of likely N-dealkylation sites (N-methyl/N-ethyl adjacent to an activating group) is 1. The minimum absolute atomic E-state index is 0.158. The van der Waals surface area contributed by atoms with Crippen molar-refractivity contribution in [3.63, 3.8) is 0 Å². The van der Waals surface area contributed by atoms with Crippen molar-refractivity contribution in [1.82, 2.24) is 4.90 Å². The highest BCUT2D eigenvalue weighted by molar-refractivity contribution is 5.81. The van der Waals surface area contributed by atoms with E-state index in [9.17, 15) is 13.6 Å². The van der Waals surface area contributed by atoms with Crippen LogP contribution in [0.4, 0.5) is 8.78 Å². The summed E-state index contributed by atoms with van der Waals surface area (Å²) in [6.07, 6.45) is 1.45. The quantitative estimate of drug-likeness (QED) is 0.863. The number of carbonyl (C=O) groups is 1. The van der Waals surface area contributed by atoms with Crippen LogP contribution in [0.25, 0.3) is 0 Å². The van der Waals surface area contributed by atoms with E-state index in [2.05, 4.69) is 0 Å². The zero-order chi connectivity index (χ0) is 14.4. The number of carbonyl (C=O) groups excluding carboxylic acids is 1. The average molecular weight is 270 g/mol. The Balaban J connectivity index is 2.75. The predicted octanol–water partition coefficient (Wildman–Crippen LogP) is 2.44. The second-order valence-electron chi connectivity index (χ2n) is 4.50. The van der Waals surface area contributed by atoms with E-state index in [4.69, 9.17) is 5.73 Å². The van der Waals surface area contributed by atoms with E-state index in [0.717, 1.165) is 18.6 Å². The van der Waals surface area contributed by atoms with Crippen molar-refractivity contribution in [2.45, 2.75) is 39.3 Å². The van der Waals surface area contributed by atoms with Gasteiger partial charge >= 0.3 is 0 Å². The Morgan fingerprint density at radius 2 is 2.00 bits per heavy atom. The van der Waals surface area contributed by atoms with Crippen LogP contribution in [0.1, 0.15) is 32.3 Å². The van der Waals surface area contributed by atoms with Gasteiger partial charge in [0.1, 0.15) is 0 Å². The average Bonchev–Trinajstić information content (AvgIpc) is 2.39.